The molecule has 2 atom stereocenters. The molecule has 0 spiro atoms. The molecule has 2 unspecified atom stereocenters. The van der Waals surface area contributed by atoms with Crippen molar-refractivity contribution in [1.82, 2.24) is 15.5 Å². The van der Waals surface area contributed by atoms with E-state index in [9.17, 15) is 19.5 Å². The Morgan fingerprint density at radius 2 is 1.71 bits per heavy atom. The standard InChI is InChI=1S/C30H43N3O5/c1-7-8-12-17-33(28(36)25(20-34)32-29(37)38-30(4,5)6)26(24-16-15-21(2)18-22(24)3)27(35)31-19-23-13-10-9-11-14-23/h9-11,13-16,18,25-26,34H,7-8,12,17,19-20H2,1-6H3,(H,31,35)(H,32,37). The maximum atomic E-state index is 13.9. The van der Waals surface area contributed by atoms with Crippen LogP contribution in [0.4, 0.5) is 4.79 Å². The van der Waals surface area contributed by atoms with Crippen molar-refractivity contribution in [2.75, 3.05) is 13.2 Å². The lowest BCUT2D eigenvalue weighted by Gasteiger charge is -2.35. The minimum Gasteiger partial charge on any atom is -0.444 e. The summed E-state index contributed by atoms with van der Waals surface area (Å²) in [6, 6.07) is 13.1. The topological polar surface area (TPSA) is 108 Å². The number of amides is 3. The summed E-state index contributed by atoms with van der Waals surface area (Å²) >= 11 is 0. The van der Waals surface area contributed by atoms with Crippen LogP contribution in [-0.4, -0.2) is 52.7 Å². The van der Waals surface area contributed by atoms with E-state index >= 15 is 0 Å². The zero-order valence-corrected chi connectivity index (χ0v) is 23.5. The van der Waals surface area contributed by atoms with E-state index in [1.54, 1.807) is 20.8 Å². The van der Waals surface area contributed by atoms with Gasteiger partial charge in [-0.25, -0.2) is 4.79 Å². The number of nitrogens with one attached hydrogen (secondary N) is 2. The second-order valence-electron chi connectivity index (χ2n) is 10.6. The molecule has 38 heavy (non-hydrogen) atoms. The van der Waals surface area contributed by atoms with Gasteiger partial charge >= 0.3 is 6.09 Å². The van der Waals surface area contributed by atoms with Gasteiger partial charge in [-0.3, -0.25) is 9.59 Å². The third-order valence-electron chi connectivity index (χ3n) is 6.05. The van der Waals surface area contributed by atoms with Crippen molar-refractivity contribution in [3.05, 3.63) is 70.8 Å². The Labute approximate surface area is 226 Å². The summed E-state index contributed by atoms with van der Waals surface area (Å²) in [5.41, 5.74) is 2.77. The van der Waals surface area contributed by atoms with E-state index in [-0.39, 0.29) is 12.5 Å². The first kappa shape index (κ1) is 30.8. The van der Waals surface area contributed by atoms with Crippen LogP contribution in [0.2, 0.25) is 0 Å². The van der Waals surface area contributed by atoms with Crippen molar-refractivity contribution in [3.63, 3.8) is 0 Å². The number of unbranched alkanes of at least 4 members (excludes halogenated alkanes) is 2. The highest BCUT2D eigenvalue weighted by atomic mass is 16.6. The number of aryl methyl sites for hydroxylation is 2. The molecule has 3 N–H and O–H groups in total. The average Bonchev–Trinajstić information content (AvgIpc) is 2.85. The number of benzene rings is 2. The van der Waals surface area contributed by atoms with Crippen molar-refractivity contribution in [2.45, 2.75) is 85.0 Å². The highest BCUT2D eigenvalue weighted by Gasteiger charge is 2.36. The van der Waals surface area contributed by atoms with Gasteiger partial charge in [0.15, 0.2) is 0 Å². The van der Waals surface area contributed by atoms with Crippen LogP contribution in [0.25, 0.3) is 0 Å². The number of ether oxygens (including phenoxy) is 1. The van der Waals surface area contributed by atoms with E-state index in [1.807, 2.05) is 62.4 Å². The van der Waals surface area contributed by atoms with Gasteiger partial charge in [0.25, 0.3) is 0 Å². The first-order valence-corrected chi connectivity index (χ1v) is 13.3. The van der Waals surface area contributed by atoms with Gasteiger partial charge in [-0.15, -0.1) is 0 Å². The number of rotatable bonds is 12. The molecule has 0 aliphatic rings. The minimum atomic E-state index is -1.26. The summed E-state index contributed by atoms with van der Waals surface area (Å²) in [6.07, 6.45) is 1.64. The molecule has 0 saturated heterocycles. The minimum absolute atomic E-state index is 0.288. The monoisotopic (exact) mass is 525 g/mol. The molecule has 8 heteroatoms. The number of aliphatic hydroxyl groups excluding tert-OH is 1. The molecule has 0 bridgehead atoms. The number of hydrogen-bond acceptors (Lipinski definition) is 5. The third-order valence-corrected chi connectivity index (χ3v) is 6.05. The van der Waals surface area contributed by atoms with Crippen LogP contribution in [0.3, 0.4) is 0 Å². The van der Waals surface area contributed by atoms with Crippen LogP contribution in [0.15, 0.2) is 48.5 Å². The Kier molecular flexibility index (Phi) is 11.8. The van der Waals surface area contributed by atoms with Gasteiger partial charge in [0, 0.05) is 13.1 Å². The molecule has 0 aliphatic carbocycles. The molecule has 0 aromatic heterocycles. The van der Waals surface area contributed by atoms with E-state index in [1.165, 1.54) is 4.90 Å². The number of nitrogens with zero attached hydrogens (tertiary/aromatic N) is 1. The van der Waals surface area contributed by atoms with E-state index in [0.29, 0.717) is 18.5 Å². The van der Waals surface area contributed by atoms with Crippen molar-refractivity contribution >= 4 is 17.9 Å². The highest BCUT2D eigenvalue weighted by Crippen LogP contribution is 2.27. The molecule has 2 rings (SSSR count). The van der Waals surface area contributed by atoms with Crippen molar-refractivity contribution in [3.8, 4) is 0 Å². The molecular formula is C30H43N3O5. The molecule has 208 valence electrons. The van der Waals surface area contributed by atoms with Crippen LogP contribution in [-0.2, 0) is 20.9 Å². The lowest BCUT2D eigenvalue weighted by Crippen LogP contribution is -2.54. The molecule has 8 nitrogen and oxygen atoms in total. The molecular weight excluding hydrogens is 482 g/mol. The summed E-state index contributed by atoms with van der Waals surface area (Å²) in [5.74, 6) is -0.881. The van der Waals surface area contributed by atoms with Crippen molar-refractivity contribution in [1.29, 1.82) is 0 Å². The van der Waals surface area contributed by atoms with E-state index in [4.69, 9.17) is 4.74 Å². The van der Waals surface area contributed by atoms with Crippen molar-refractivity contribution < 1.29 is 24.2 Å². The Bertz CT molecular complexity index is 1070. The zero-order valence-electron chi connectivity index (χ0n) is 23.5. The van der Waals surface area contributed by atoms with Crippen LogP contribution in [0.5, 0.6) is 0 Å². The first-order valence-electron chi connectivity index (χ1n) is 13.3. The second kappa shape index (κ2) is 14.5. The van der Waals surface area contributed by atoms with Gasteiger partial charge < -0.3 is 25.4 Å². The number of carbonyl (C=O) groups is 3. The van der Waals surface area contributed by atoms with Crippen LogP contribution in [0, 0.1) is 13.8 Å². The Balaban J connectivity index is 2.45. The van der Waals surface area contributed by atoms with Gasteiger partial charge in [-0.1, -0.05) is 73.9 Å². The van der Waals surface area contributed by atoms with E-state index in [2.05, 4.69) is 17.6 Å². The fourth-order valence-electron chi connectivity index (χ4n) is 4.20. The largest absolute Gasteiger partial charge is 0.444 e. The summed E-state index contributed by atoms with van der Waals surface area (Å²) in [7, 11) is 0. The summed E-state index contributed by atoms with van der Waals surface area (Å²) in [5, 5.41) is 15.6. The smallest absolute Gasteiger partial charge is 0.408 e. The summed E-state index contributed by atoms with van der Waals surface area (Å²) < 4.78 is 5.30. The van der Waals surface area contributed by atoms with Gasteiger partial charge in [0.2, 0.25) is 11.8 Å². The molecule has 2 aromatic carbocycles. The second-order valence-corrected chi connectivity index (χ2v) is 10.6. The van der Waals surface area contributed by atoms with E-state index < -0.39 is 36.3 Å². The average molecular weight is 526 g/mol. The Morgan fingerprint density at radius 3 is 2.29 bits per heavy atom. The van der Waals surface area contributed by atoms with Gasteiger partial charge in [-0.2, -0.15) is 0 Å². The lowest BCUT2D eigenvalue weighted by atomic mass is 9.96. The van der Waals surface area contributed by atoms with Gasteiger partial charge in [0.05, 0.1) is 6.61 Å². The van der Waals surface area contributed by atoms with Gasteiger partial charge in [-0.05, 0) is 57.7 Å². The predicted molar refractivity (Wildman–Crippen MR) is 148 cm³/mol. The normalized spacial score (nSPS) is 12.8. The number of alkyl carbamates (subject to hydrolysis) is 1. The molecule has 0 saturated carbocycles. The van der Waals surface area contributed by atoms with Crippen molar-refractivity contribution in [2.24, 2.45) is 0 Å². The molecule has 3 amide bonds. The number of carbonyl (C=O) groups excluding carboxylic acids is 3. The quantitative estimate of drug-likeness (QED) is 0.352. The lowest BCUT2D eigenvalue weighted by molar-refractivity contribution is -0.143. The highest BCUT2D eigenvalue weighted by molar-refractivity contribution is 5.92. The fraction of sp³-hybridized carbons (Fsp3) is 0.500. The molecule has 0 radical (unpaired) electrons. The fourth-order valence-corrected chi connectivity index (χ4v) is 4.20. The Morgan fingerprint density at radius 1 is 1.03 bits per heavy atom. The molecule has 0 aliphatic heterocycles. The molecule has 0 fully saturated rings. The number of hydrogen-bond donors (Lipinski definition) is 3. The zero-order chi connectivity index (χ0) is 28.3. The Hall–Kier alpha value is -3.39. The van der Waals surface area contributed by atoms with Crippen LogP contribution in [0.1, 0.15) is 75.3 Å². The SMILES string of the molecule is CCCCCN(C(=O)C(CO)NC(=O)OC(C)(C)C)C(C(=O)NCc1ccccc1)c1ccc(C)cc1C. The molecule has 0 heterocycles. The van der Waals surface area contributed by atoms with E-state index in [0.717, 1.165) is 29.5 Å². The molecule has 2 aromatic rings. The maximum absolute atomic E-state index is 13.9. The number of aliphatic hydroxyl groups is 1. The van der Waals surface area contributed by atoms with Crippen LogP contribution >= 0.6 is 0 Å². The maximum Gasteiger partial charge on any atom is 0.408 e. The predicted octanol–water partition coefficient (Wildman–Crippen LogP) is 4.57. The third kappa shape index (κ3) is 9.49. The summed E-state index contributed by atoms with van der Waals surface area (Å²) in [4.78, 5) is 41.6. The first-order chi connectivity index (χ1) is 18.0. The van der Waals surface area contributed by atoms with Crippen LogP contribution < -0.4 is 10.6 Å². The summed E-state index contributed by atoms with van der Waals surface area (Å²) in [6.45, 7) is 11.0. The van der Waals surface area contributed by atoms with Gasteiger partial charge in [0.1, 0.15) is 17.7 Å².